The van der Waals surface area contributed by atoms with Crippen LogP contribution in [0.1, 0.15) is 61.9 Å². The molecule has 1 amide bonds. The Morgan fingerprint density at radius 2 is 1.89 bits per heavy atom. The molecule has 8 nitrogen and oxygen atoms in total. The molecule has 0 bridgehead atoms. The summed E-state index contributed by atoms with van der Waals surface area (Å²) in [6.07, 6.45) is 2.11. The first-order valence-corrected chi connectivity index (χ1v) is 9.40. The Labute approximate surface area is 161 Å². The molecule has 9 heteroatoms. The number of anilines is 1. The summed E-state index contributed by atoms with van der Waals surface area (Å²) in [5.74, 6) is -1.54. The molecule has 0 aliphatic rings. The Balaban J connectivity index is 2.41. The minimum absolute atomic E-state index is 0.173. The summed E-state index contributed by atoms with van der Waals surface area (Å²) in [5.41, 5.74) is 1.67. The molecule has 0 unspecified atom stereocenters. The first-order chi connectivity index (χ1) is 12.8. The van der Waals surface area contributed by atoms with Crippen molar-refractivity contribution in [1.29, 1.82) is 0 Å². The number of carbonyl (C=O) groups is 3. The van der Waals surface area contributed by atoms with E-state index in [9.17, 15) is 14.4 Å². The molecule has 0 atom stereocenters. The fourth-order valence-corrected chi connectivity index (χ4v) is 3.48. The zero-order valence-electron chi connectivity index (χ0n) is 16.0. The first-order valence-electron chi connectivity index (χ1n) is 8.59. The van der Waals surface area contributed by atoms with Gasteiger partial charge in [0.2, 0.25) is 0 Å². The topological polar surface area (TPSA) is 99.5 Å². The van der Waals surface area contributed by atoms with E-state index in [1.165, 1.54) is 6.20 Å². The van der Waals surface area contributed by atoms with E-state index in [0.29, 0.717) is 23.2 Å². The van der Waals surface area contributed by atoms with Crippen LogP contribution in [0.2, 0.25) is 0 Å². The highest BCUT2D eigenvalue weighted by atomic mass is 32.1. The van der Waals surface area contributed by atoms with Gasteiger partial charge in [-0.25, -0.2) is 9.59 Å². The molecule has 2 rings (SSSR count). The van der Waals surface area contributed by atoms with Crippen LogP contribution >= 0.6 is 11.3 Å². The normalized spacial score (nSPS) is 10.6. The van der Waals surface area contributed by atoms with Gasteiger partial charge in [0.15, 0.2) is 0 Å². The fraction of sp³-hybridized carbons (Fsp3) is 0.444. The lowest BCUT2D eigenvalue weighted by molar-refractivity contribution is 0.0506. The molecular formula is C18H23N3O5S. The van der Waals surface area contributed by atoms with Gasteiger partial charge < -0.3 is 14.8 Å². The summed E-state index contributed by atoms with van der Waals surface area (Å²) < 4.78 is 11.8. The number of aryl methyl sites for hydroxylation is 1. The molecule has 1 N–H and O–H groups in total. The second-order valence-corrected chi connectivity index (χ2v) is 6.86. The van der Waals surface area contributed by atoms with Crippen molar-refractivity contribution in [2.75, 3.05) is 18.5 Å². The zero-order valence-corrected chi connectivity index (χ0v) is 16.9. The number of thiophene rings is 1. The van der Waals surface area contributed by atoms with Crippen molar-refractivity contribution in [2.24, 2.45) is 7.05 Å². The highest BCUT2D eigenvalue weighted by Gasteiger charge is 2.28. The molecule has 2 aromatic heterocycles. The van der Waals surface area contributed by atoms with Gasteiger partial charge in [0.05, 0.1) is 30.5 Å². The smallest absolute Gasteiger partial charge is 0.348 e. The molecule has 0 saturated heterocycles. The molecule has 2 heterocycles. The van der Waals surface area contributed by atoms with E-state index in [1.54, 1.807) is 32.5 Å². The number of hydrogen-bond acceptors (Lipinski definition) is 7. The lowest BCUT2D eigenvalue weighted by Gasteiger charge is -2.07. The first kappa shape index (κ1) is 20.6. The zero-order chi connectivity index (χ0) is 20.1. The van der Waals surface area contributed by atoms with E-state index in [0.717, 1.165) is 11.3 Å². The number of esters is 2. The number of amides is 1. The second-order valence-electron chi connectivity index (χ2n) is 5.84. The van der Waals surface area contributed by atoms with Gasteiger partial charge in [-0.3, -0.25) is 9.48 Å². The number of nitrogens with one attached hydrogen (secondary N) is 1. The largest absolute Gasteiger partial charge is 0.462 e. The van der Waals surface area contributed by atoms with Gasteiger partial charge in [0.1, 0.15) is 9.88 Å². The molecule has 0 aliphatic heterocycles. The number of rotatable bonds is 7. The summed E-state index contributed by atoms with van der Waals surface area (Å²) in [4.78, 5) is 37.6. The maximum atomic E-state index is 12.6. The van der Waals surface area contributed by atoms with Gasteiger partial charge in [0.25, 0.3) is 5.91 Å². The minimum Gasteiger partial charge on any atom is -0.462 e. The van der Waals surface area contributed by atoms with Crippen molar-refractivity contribution in [2.45, 2.75) is 34.1 Å². The Hall–Kier alpha value is -2.68. The van der Waals surface area contributed by atoms with E-state index in [2.05, 4.69) is 10.4 Å². The van der Waals surface area contributed by atoms with Crippen LogP contribution in [0.3, 0.4) is 0 Å². The molecular weight excluding hydrogens is 370 g/mol. The minimum atomic E-state index is -0.584. The van der Waals surface area contributed by atoms with E-state index < -0.39 is 17.8 Å². The molecule has 0 fully saturated rings. The van der Waals surface area contributed by atoms with E-state index in [1.807, 2.05) is 6.92 Å². The highest BCUT2D eigenvalue weighted by molar-refractivity contribution is 7.18. The third kappa shape index (κ3) is 4.36. The number of ether oxygens (including phenoxy) is 2. The summed E-state index contributed by atoms with van der Waals surface area (Å²) in [7, 11) is 1.73. The predicted octanol–water partition coefficient (Wildman–Crippen LogP) is 3.09. The van der Waals surface area contributed by atoms with Gasteiger partial charge in [0, 0.05) is 12.7 Å². The van der Waals surface area contributed by atoms with Crippen molar-refractivity contribution in [3.63, 3.8) is 0 Å². The van der Waals surface area contributed by atoms with Crippen LogP contribution in [-0.4, -0.2) is 40.8 Å². The van der Waals surface area contributed by atoms with Crippen LogP contribution in [-0.2, 0) is 16.5 Å². The Bertz CT molecular complexity index is 869. The third-order valence-electron chi connectivity index (χ3n) is 3.96. The average Bonchev–Trinajstić information content (AvgIpc) is 3.13. The van der Waals surface area contributed by atoms with Crippen LogP contribution in [0, 0.1) is 13.8 Å². The second kappa shape index (κ2) is 8.81. The van der Waals surface area contributed by atoms with Crippen molar-refractivity contribution in [3.8, 4) is 0 Å². The van der Waals surface area contributed by atoms with Gasteiger partial charge in [-0.1, -0.05) is 6.92 Å². The summed E-state index contributed by atoms with van der Waals surface area (Å²) in [5, 5.41) is 7.01. The van der Waals surface area contributed by atoms with Crippen LogP contribution in [0.4, 0.5) is 5.00 Å². The molecule has 0 spiro atoms. The van der Waals surface area contributed by atoms with Crippen LogP contribution in [0.15, 0.2) is 6.20 Å². The third-order valence-corrected chi connectivity index (χ3v) is 5.14. The maximum Gasteiger partial charge on any atom is 0.348 e. The van der Waals surface area contributed by atoms with Crippen LogP contribution in [0.5, 0.6) is 0 Å². The standard InChI is InChI=1S/C18H23N3O5S/c1-6-8-26-17(23)13-10(3)14(18(24)25-7-2)27-16(13)20-15(22)12-9-19-21(5)11(12)4/h9H,6-8H2,1-5H3,(H,20,22). The molecule has 2 aromatic rings. The number of nitrogens with zero attached hydrogens (tertiary/aromatic N) is 2. The molecule has 146 valence electrons. The van der Waals surface area contributed by atoms with E-state index in [-0.39, 0.29) is 28.7 Å². The van der Waals surface area contributed by atoms with Crippen molar-refractivity contribution in [1.82, 2.24) is 9.78 Å². The Morgan fingerprint density at radius 3 is 2.44 bits per heavy atom. The monoisotopic (exact) mass is 393 g/mol. The summed E-state index contributed by atoms with van der Waals surface area (Å²) in [6, 6.07) is 0. The summed E-state index contributed by atoms with van der Waals surface area (Å²) in [6.45, 7) is 7.44. The molecule has 0 radical (unpaired) electrons. The Morgan fingerprint density at radius 1 is 1.19 bits per heavy atom. The van der Waals surface area contributed by atoms with Crippen LogP contribution in [0.25, 0.3) is 0 Å². The Kier molecular flexibility index (Phi) is 6.73. The van der Waals surface area contributed by atoms with Gasteiger partial charge >= 0.3 is 11.9 Å². The van der Waals surface area contributed by atoms with Crippen molar-refractivity contribution < 1.29 is 23.9 Å². The molecule has 0 aromatic carbocycles. The fourth-order valence-electron chi connectivity index (χ4n) is 2.40. The highest BCUT2D eigenvalue weighted by Crippen LogP contribution is 2.34. The molecule has 0 aliphatic carbocycles. The lowest BCUT2D eigenvalue weighted by Crippen LogP contribution is -2.15. The quantitative estimate of drug-likeness (QED) is 0.726. The predicted molar refractivity (Wildman–Crippen MR) is 101 cm³/mol. The SMILES string of the molecule is CCCOC(=O)c1c(NC(=O)c2cnn(C)c2C)sc(C(=O)OCC)c1C. The maximum absolute atomic E-state index is 12.6. The van der Waals surface area contributed by atoms with Crippen molar-refractivity contribution in [3.05, 3.63) is 33.5 Å². The lowest BCUT2D eigenvalue weighted by atomic mass is 10.1. The molecule has 27 heavy (non-hydrogen) atoms. The van der Waals surface area contributed by atoms with Gasteiger partial charge in [-0.15, -0.1) is 11.3 Å². The van der Waals surface area contributed by atoms with Gasteiger partial charge in [-0.05, 0) is 32.8 Å². The van der Waals surface area contributed by atoms with Crippen molar-refractivity contribution >= 4 is 34.2 Å². The van der Waals surface area contributed by atoms with E-state index >= 15 is 0 Å². The van der Waals surface area contributed by atoms with Crippen LogP contribution < -0.4 is 5.32 Å². The number of carbonyl (C=O) groups excluding carboxylic acids is 3. The average molecular weight is 393 g/mol. The number of hydrogen-bond donors (Lipinski definition) is 1. The molecule has 0 saturated carbocycles. The van der Waals surface area contributed by atoms with Gasteiger partial charge in [-0.2, -0.15) is 5.10 Å². The number of aromatic nitrogens is 2. The van der Waals surface area contributed by atoms with E-state index in [4.69, 9.17) is 9.47 Å². The summed E-state index contributed by atoms with van der Waals surface area (Å²) >= 11 is 0.997.